The topological polar surface area (TPSA) is 52.6 Å². The van der Waals surface area contributed by atoms with Gasteiger partial charge in [0.2, 0.25) is 0 Å². The molecule has 1 heterocycles. The Bertz CT molecular complexity index is 320. The van der Waals surface area contributed by atoms with Gasteiger partial charge < -0.3 is 15.0 Å². The van der Waals surface area contributed by atoms with E-state index in [1.807, 2.05) is 34.6 Å². The predicted octanol–water partition coefficient (Wildman–Crippen LogP) is 3.10. The van der Waals surface area contributed by atoms with Crippen LogP contribution in [-0.2, 0) is 9.53 Å². The van der Waals surface area contributed by atoms with Crippen LogP contribution < -0.4 is 0 Å². The zero-order chi connectivity index (χ0) is 14.1. The van der Waals surface area contributed by atoms with Crippen LogP contribution in [0.1, 0.15) is 60.8 Å². The maximum absolute atomic E-state index is 12.6. The Hall–Kier alpha value is -0.610. The summed E-state index contributed by atoms with van der Waals surface area (Å²) in [6.07, 6.45) is 1.97. The zero-order valence-corrected chi connectivity index (χ0v) is 12.4. The van der Waals surface area contributed by atoms with Gasteiger partial charge in [-0.15, -0.1) is 0 Å². The average Bonchev–Trinajstić information content (AvgIpc) is 2.33. The summed E-state index contributed by atoms with van der Waals surface area (Å²) >= 11 is 0. The van der Waals surface area contributed by atoms with Crippen LogP contribution in [0.4, 0.5) is 0 Å². The fourth-order valence-electron chi connectivity index (χ4n) is 3.01. The molecule has 0 aromatic carbocycles. The van der Waals surface area contributed by atoms with E-state index in [4.69, 9.17) is 4.74 Å². The molecule has 0 N–H and O–H groups in total. The minimum Gasteiger partial charge on any atom is -0.784 e. The number of ether oxygens (including phenoxy) is 1. The molecule has 106 valence electrons. The number of piperidine rings is 1. The van der Waals surface area contributed by atoms with E-state index < -0.39 is 11.1 Å². The van der Waals surface area contributed by atoms with Gasteiger partial charge in [0.25, 0.3) is 0 Å². The van der Waals surface area contributed by atoms with Crippen LogP contribution >= 0.6 is 0 Å². The Balaban J connectivity index is 3.09. The normalized spacial score (nSPS) is 41.7. The molecule has 1 aliphatic heterocycles. The summed E-state index contributed by atoms with van der Waals surface area (Å²) in [6, 6.07) is 0. The molecular weight excluding hydrogens is 230 g/mol. The molecule has 0 aromatic heterocycles. The standard InChI is InChI=1S/C14H26NO3/c1-7-13(5)9-12(18-11(4)16)10(3)14(6,8-2)15(13)17/h10,12H,7-9H2,1-6H3/q-1. The molecule has 4 unspecified atom stereocenters. The maximum Gasteiger partial charge on any atom is 0.302 e. The molecule has 1 rings (SSSR count). The molecule has 1 fully saturated rings. The van der Waals surface area contributed by atoms with E-state index in [0.717, 1.165) is 12.8 Å². The summed E-state index contributed by atoms with van der Waals surface area (Å²) in [6.45, 7) is 11.4. The minimum atomic E-state index is -0.469. The molecule has 1 aliphatic rings. The Labute approximate surface area is 110 Å². The van der Waals surface area contributed by atoms with Crippen molar-refractivity contribution in [2.45, 2.75) is 78.0 Å². The van der Waals surface area contributed by atoms with Gasteiger partial charge in [-0.3, -0.25) is 4.79 Å². The largest absolute Gasteiger partial charge is 0.784 e. The third kappa shape index (κ3) is 2.41. The van der Waals surface area contributed by atoms with Crippen LogP contribution in [0.3, 0.4) is 0 Å². The highest BCUT2D eigenvalue weighted by Gasteiger charge is 2.49. The highest BCUT2D eigenvalue weighted by atomic mass is 16.5. The number of rotatable bonds is 3. The third-order valence-electron chi connectivity index (χ3n) is 4.93. The highest BCUT2D eigenvalue weighted by Crippen LogP contribution is 2.45. The molecule has 0 aliphatic carbocycles. The van der Waals surface area contributed by atoms with Crippen LogP contribution in [0.15, 0.2) is 0 Å². The smallest absolute Gasteiger partial charge is 0.302 e. The Morgan fingerprint density at radius 2 is 1.94 bits per heavy atom. The molecule has 1 saturated heterocycles. The summed E-state index contributed by atoms with van der Waals surface area (Å²) in [5.41, 5.74) is -0.916. The lowest BCUT2D eigenvalue weighted by Gasteiger charge is -2.64. The van der Waals surface area contributed by atoms with E-state index in [2.05, 4.69) is 0 Å². The van der Waals surface area contributed by atoms with Crippen molar-refractivity contribution in [3.63, 3.8) is 0 Å². The van der Waals surface area contributed by atoms with Gasteiger partial charge in [0.05, 0.1) is 0 Å². The first-order chi connectivity index (χ1) is 8.21. The fourth-order valence-corrected chi connectivity index (χ4v) is 3.01. The van der Waals surface area contributed by atoms with Gasteiger partial charge in [0.15, 0.2) is 0 Å². The Morgan fingerprint density at radius 3 is 2.33 bits per heavy atom. The lowest BCUT2D eigenvalue weighted by atomic mass is 9.69. The molecule has 4 heteroatoms. The van der Waals surface area contributed by atoms with Gasteiger partial charge in [-0.2, -0.15) is 0 Å². The molecular formula is C14H26NO3-. The molecule has 18 heavy (non-hydrogen) atoms. The van der Waals surface area contributed by atoms with Crippen molar-refractivity contribution in [3.05, 3.63) is 5.21 Å². The second-order valence-electron chi connectivity index (χ2n) is 6.00. The minimum absolute atomic E-state index is 0.0449. The van der Waals surface area contributed by atoms with Gasteiger partial charge in [-0.25, -0.2) is 0 Å². The van der Waals surface area contributed by atoms with Crippen LogP contribution in [0, 0.1) is 11.1 Å². The number of nitrogens with zero attached hydrogens (tertiary/aromatic N) is 1. The molecule has 0 aromatic rings. The summed E-state index contributed by atoms with van der Waals surface area (Å²) in [7, 11) is 0. The maximum atomic E-state index is 12.6. The molecule has 4 atom stereocenters. The number of hydroxylamine groups is 2. The lowest BCUT2D eigenvalue weighted by molar-refractivity contribution is -0.167. The van der Waals surface area contributed by atoms with E-state index >= 15 is 0 Å². The first-order valence-electron chi connectivity index (χ1n) is 6.86. The fraction of sp³-hybridized carbons (Fsp3) is 0.929. The second kappa shape index (κ2) is 5.17. The van der Waals surface area contributed by atoms with Crippen molar-refractivity contribution in [1.29, 1.82) is 0 Å². The summed E-state index contributed by atoms with van der Waals surface area (Å²) in [5.74, 6) is -0.216. The first-order valence-corrected chi connectivity index (χ1v) is 6.86. The van der Waals surface area contributed by atoms with Gasteiger partial charge in [-0.05, 0) is 26.7 Å². The van der Waals surface area contributed by atoms with Crippen molar-refractivity contribution in [2.24, 2.45) is 5.92 Å². The van der Waals surface area contributed by atoms with E-state index in [1.165, 1.54) is 12.0 Å². The van der Waals surface area contributed by atoms with Crippen molar-refractivity contribution in [3.8, 4) is 0 Å². The molecule has 0 spiro atoms. The molecule has 4 nitrogen and oxygen atoms in total. The highest BCUT2D eigenvalue weighted by molar-refractivity contribution is 5.66. The van der Waals surface area contributed by atoms with Gasteiger partial charge in [0.1, 0.15) is 6.10 Å². The number of hydrogen-bond acceptors (Lipinski definition) is 4. The van der Waals surface area contributed by atoms with Gasteiger partial charge >= 0.3 is 5.97 Å². The Kier molecular flexibility index (Phi) is 4.44. The summed E-state index contributed by atoms with van der Waals surface area (Å²) < 4.78 is 5.44. The second-order valence-corrected chi connectivity index (χ2v) is 6.00. The zero-order valence-electron chi connectivity index (χ0n) is 12.4. The van der Waals surface area contributed by atoms with E-state index in [9.17, 15) is 10.0 Å². The number of carbonyl (C=O) groups is 1. The van der Waals surface area contributed by atoms with Crippen molar-refractivity contribution in [2.75, 3.05) is 0 Å². The average molecular weight is 256 g/mol. The van der Waals surface area contributed by atoms with E-state index in [0.29, 0.717) is 6.42 Å². The lowest BCUT2D eigenvalue weighted by Crippen LogP contribution is -2.65. The summed E-state index contributed by atoms with van der Waals surface area (Å²) in [4.78, 5) is 11.2. The molecule has 0 radical (unpaired) electrons. The van der Waals surface area contributed by atoms with Crippen LogP contribution in [-0.4, -0.2) is 28.2 Å². The molecule has 0 bridgehead atoms. The van der Waals surface area contributed by atoms with Gasteiger partial charge in [-0.1, -0.05) is 20.8 Å². The van der Waals surface area contributed by atoms with E-state index in [1.54, 1.807) is 0 Å². The number of carbonyl (C=O) groups excluding carboxylic acids is 1. The number of hydrogen-bond donors (Lipinski definition) is 0. The predicted molar refractivity (Wildman–Crippen MR) is 71.9 cm³/mol. The molecule has 0 amide bonds. The molecule has 0 saturated carbocycles. The van der Waals surface area contributed by atoms with Crippen LogP contribution in [0.2, 0.25) is 0 Å². The van der Waals surface area contributed by atoms with Crippen LogP contribution in [0.25, 0.3) is 0 Å². The van der Waals surface area contributed by atoms with E-state index in [-0.39, 0.29) is 18.0 Å². The van der Waals surface area contributed by atoms with Crippen molar-refractivity contribution >= 4 is 5.97 Å². The first kappa shape index (κ1) is 15.4. The third-order valence-corrected chi connectivity index (χ3v) is 4.93. The monoisotopic (exact) mass is 256 g/mol. The van der Waals surface area contributed by atoms with Crippen molar-refractivity contribution in [1.82, 2.24) is 5.06 Å². The van der Waals surface area contributed by atoms with Gasteiger partial charge in [0, 0.05) is 30.3 Å². The Morgan fingerprint density at radius 1 is 1.39 bits per heavy atom. The quantitative estimate of drug-likeness (QED) is 0.728. The summed E-state index contributed by atoms with van der Waals surface area (Å²) in [5, 5.41) is 13.9. The SMILES string of the molecule is CCC1(C)CC(OC(C)=O)C(C)C(C)(CC)N1[O-]. The number of esters is 1. The van der Waals surface area contributed by atoms with Crippen LogP contribution in [0.5, 0.6) is 0 Å². The van der Waals surface area contributed by atoms with Crippen molar-refractivity contribution < 1.29 is 9.53 Å².